The van der Waals surface area contributed by atoms with Crippen LogP contribution in [0.3, 0.4) is 0 Å². The molecule has 3 heterocycles. The number of nitrogens with zero attached hydrogens (tertiary/aromatic N) is 2. The van der Waals surface area contributed by atoms with E-state index in [1.807, 2.05) is 30.3 Å². The van der Waals surface area contributed by atoms with Gasteiger partial charge in [0, 0.05) is 18.3 Å². The number of aliphatic hydroxyl groups is 1. The minimum atomic E-state index is -0.478. The van der Waals surface area contributed by atoms with Crippen LogP contribution < -0.4 is 5.32 Å². The first-order valence-electron chi connectivity index (χ1n) is 12.5. The second-order valence-corrected chi connectivity index (χ2v) is 9.47. The van der Waals surface area contributed by atoms with Crippen molar-refractivity contribution in [2.75, 3.05) is 6.61 Å². The summed E-state index contributed by atoms with van der Waals surface area (Å²) in [6.07, 6.45) is 1.58. The molecule has 5 aromatic rings. The van der Waals surface area contributed by atoms with Crippen LogP contribution in [0.15, 0.2) is 89.5 Å². The first-order chi connectivity index (χ1) is 18.4. The molecular weight excluding hydrogens is 478 g/mol. The summed E-state index contributed by atoms with van der Waals surface area (Å²) in [4.78, 5) is 21.7. The zero-order chi connectivity index (χ0) is 26.6. The van der Waals surface area contributed by atoms with Crippen LogP contribution >= 0.6 is 0 Å². The first kappa shape index (κ1) is 25.2. The number of rotatable bonds is 8. The molecule has 0 fully saturated rings. The molecule has 0 aliphatic rings. The number of aromatic nitrogens is 2. The maximum absolute atomic E-state index is 13.2. The summed E-state index contributed by atoms with van der Waals surface area (Å²) in [7, 11) is 0. The Morgan fingerprint density at radius 1 is 0.974 bits per heavy atom. The Hall–Kier alpha value is -4.49. The highest BCUT2D eigenvalue weighted by Crippen LogP contribution is 2.30. The van der Waals surface area contributed by atoms with Crippen molar-refractivity contribution >= 4 is 17.0 Å². The number of pyridine rings is 2. The molecule has 0 radical (unpaired) electrons. The summed E-state index contributed by atoms with van der Waals surface area (Å²) in [5, 5.41) is 22.9. The molecule has 3 N–H and O–H groups in total. The van der Waals surface area contributed by atoms with Crippen molar-refractivity contribution in [2.45, 2.75) is 32.2 Å². The molecule has 1 amide bonds. The predicted molar refractivity (Wildman–Crippen MR) is 145 cm³/mol. The lowest BCUT2D eigenvalue weighted by atomic mass is 9.93. The summed E-state index contributed by atoms with van der Waals surface area (Å²) < 4.78 is 5.95. The van der Waals surface area contributed by atoms with Gasteiger partial charge in [0.05, 0.1) is 30.7 Å². The van der Waals surface area contributed by atoms with E-state index in [4.69, 9.17) is 4.42 Å². The SMILES string of the molecule is Cc1ccc(C(NC(=O)Cc2ccc3oc(C(CO)c4ccnc(O)c4)cc3n2)c2ccccc2)c(C)c1. The molecule has 192 valence electrons. The highest BCUT2D eigenvalue weighted by molar-refractivity contribution is 5.80. The minimum Gasteiger partial charge on any atom is -0.493 e. The van der Waals surface area contributed by atoms with E-state index >= 15 is 0 Å². The van der Waals surface area contributed by atoms with E-state index in [0.29, 0.717) is 28.1 Å². The van der Waals surface area contributed by atoms with Crippen molar-refractivity contribution in [1.82, 2.24) is 15.3 Å². The summed E-state index contributed by atoms with van der Waals surface area (Å²) in [5.74, 6) is -0.233. The van der Waals surface area contributed by atoms with Gasteiger partial charge in [0.25, 0.3) is 0 Å². The quantitative estimate of drug-likeness (QED) is 0.269. The molecule has 5 rings (SSSR count). The van der Waals surface area contributed by atoms with Gasteiger partial charge < -0.3 is 19.9 Å². The van der Waals surface area contributed by atoms with E-state index in [9.17, 15) is 15.0 Å². The van der Waals surface area contributed by atoms with Crippen molar-refractivity contribution in [3.63, 3.8) is 0 Å². The Morgan fingerprint density at radius 3 is 2.53 bits per heavy atom. The zero-order valence-electron chi connectivity index (χ0n) is 21.3. The van der Waals surface area contributed by atoms with Crippen LogP contribution in [-0.4, -0.2) is 32.7 Å². The van der Waals surface area contributed by atoms with Gasteiger partial charge in [-0.25, -0.2) is 9.97 Å². The smallest absolute Gasteiger partial charge is 0.226 e. The fourth-order valence-corrected chi connectivity index (χ4v) is 4.78. The molecule has 38 heavy (non-hydrogen) atoms. The average molecular weight is 508 g/mol. The molecule has 0 aliphatic carbocycles. The Bertz CT molecular complexity index is 1580. The number of aliphatic hydroxyl groups excluding tert-OH is 1. The number of nitrogens with one attached hydrogen (secondary N) is 1. The molecule has 0 saturated heterocycles. The predicted octanol–water partition coefficient (Wildman–Crippen LogP) is 5.12. The van der Waals surface area contributed by atoms with Gasteiger partial charge in [-0.3, -0.25) is 4.79 Å². The second-order valence-electron chi connectivity index (χ2n) is 9.47. The third kappa shape index (κ3) is 5.43. The molecule has 0 bridgehead atoms. The average Bonchev–Trinajstić information content (AvgIpc) is 3.31. The molecule has 2 aromatic carbocycles. The van der Waals surface area contributed by atoms with Gasteiger partial charge in [0.2, 0.25) is 11.8 Å². The highest BCUT2D eigenvalue weighted by atomic mass is 16.3. The van der Waals surface area contributed by atoms with E-state index in [2.05, 4.69) is 47.3 Å². The fourth-order valence-electron chi connectivity index (χ4n) is 4.78. The van der Waals surface area contributed by atoms with Crippen molar-refractivity contribution < 1.29 is 19.4 Å². The van der Waals surface area contributed by atoms with Crippen LogP contribution in [0.2, 0.25) is 0 Å². The number of carbonyl (C=O) groups excluding carboxylic acids is 1. The molecule has 3 aromatic heterocycles. The van der Waals surface area contributed by atoms with Crippen molar-refractivity contribution in [2.24, 2.45) is 0 Å². The number of hydrogen-bond acceptors (Lipinski definition) is 6. The van der Waals surface area contributed by atoms with Crippen LogP contribution in [0, 0.1) is 13.8 Å². The summed E-state index contributed by atoms with van der Waals surface area (Å²) in [5.41, 5.74) is 6.78. The first-order valence-corrected chi connectivity index (χ1v) is 12.5. The number of aryl methyl sites for hydroxylation is 2. The van der Waals surface area contributed by atoms with E-state index in [-0.39, 0.29) is 30.9 Å². The van der Waals surface area contributed by atoms with Crippen LogP contribution in [0.1, 0.15) is 51.2 Å². The molecular formula is C31H29N3O4. The number of amides is 1. The second kappa shape index (κ2) is 10.9. The topological polar surface area (TPSA) is 108 Å². The van der Waals surface area contributed by atoms with Gasteiger partial charge >= 0.3 is 0 Å². The lowest BCUT2D eigenvalue weighted by Crippen LogP contribution is -2.31. The lowest BCUT2D eigenvalue weighted by molar-refractivity contribution is -0.121. The summed E-state index contributed by atoms with van der Waals surface area (Å²) in [6.45, 7) is 3.90. The highest BCUT2D eigenvalue weighted by Gasteiger charge is 2.21. The summed E-state index contributed by atoms with van der Waals surface area (Å²) in [6, 6.07) is 24.4. The standard InChI is InChI=1S/C31H29N3O4/c1-19-8-10-24(20(2)14-19)31(21-6-4-3-5-7-21)34-30(37)16-23-9-11-27-26(33-23)17-28(38-27)25(18-35)22-12-13-32-29(36)15-22/h3-15,17,25,31,35H,16,18H2,1-2H3,(H,32,36)(H,34,37). The Kier molecular flexibility index (Phi) is 7.20. The minimum absolute atomic E-state index is 0.104. The molecule has 7 heteroatoms. The maximum Gasteiger partial charge on any atom is 0.226 e. The lowest BCUT2D eigenvalue weighted by Gasteiger charge is -2.22. The third-order valence-corrected chi connectivity index (χ3v) is 6.66. The Morgan fingerprint density at radius 2 is 1.79 bits per heavy atom. The van der Waals surface area contributed by atoms with Crippen LogP contribution in [0.5, 0.6) is 5.88 Å². The van der Waals surface area contributed by atoms with Gasteiger partial charge in [-0.15, -0.1) is 0 Å². The van der Waals surface area contributed by atoms with E-state index in [1.54, 1.807) is 24.3 Å². The number of aromatic hydroxyl groups is 1. The fraction of sp³-hybridized carbons (Fsp3) is 0.194. The zero-order valence-corrected chi connectivity index (χ0v) is 21.3. The molecule has 0 aliphatic heterocycles. The van der Waals surface area contributed by atoms with E-state index in [0.717, 1.165) is 16.7 Å². The molecule has 0 spiro atoms. The molecule has 0 saturated carbocycles. The van der Waals surface area contributed by atoms with Crippen LogP contribution in [-0.2, 0) is 11.2 Å². The Labute approximate surface area is 220 Å². The number of carbonyl (C=O) groups is 1. The third-order valence-electron chi connectivity index (χ3n) is 6.66. The number of fused-ring (bicyclic) bond motifs is 1. The molecule has 7 nitrogen and oxygen atoms in total. The normalized spacial score (nSPS) is 12.8. The number of furan rings is 1. The number of hydrogen-bond donors (Lipinski definition) is 3. The van der Waals surface area contributed by atoms with Crippen LogP contribution in [0.4, 0.5) is 0 Å². The van der Waals surface area contributed by atoms with Gasteiger partial charge in [-0.05, 0) is 54.3 Å². The van der Waals surface area contributed by atoms with Gasteiger partial charge in [-0.1, -0.05) is 54.1 Å². The number of benzene rings is 2. The van der Waals surface area contributed by atoms with Gasteiger partial charge in [0.1, 0.15) is 11.3 Å². The van der Waals surface area contributed by atoms with Crippen molar-refractivity contribution in [1.29, 1.82) is 0 Å². The van der Waals surface area contributed by atoms with E-state index < -0.39 is 5.92 Å². The van der Waals surface area contributed by atoms with Crippen molar-refractivity contribution in [3.05, 3.63) is 124 Å². The van der Waals surface area contributed by atoms with Crippen molar-refractivity contribution in [3.8, 4) is 5.88 Å². The monoisotopic (exact) mass is 507 g/mol. The van der Waals surface area contributed by atoms with E-state index in [1.165, 1.54) is 17.8 Å². The Balaban J connectivity index is 1.38. The van der Waals surface area contributed by atoms with Gasteiger partial charge in [-0.2, -0.15) is 0 Å². The van der Waals surface area contributed by atoms with Crippen LogP contribution in [0.25, 0.3) is 11.1 Å². The largest absolute Gasteiger partial charge is 0.493 e. The summed E-state index contributed by atoms with van der Waals surface area (Å²) >= 11 is 0. The molecule has 2 atom stereocenters. The molecule has 2 unspecified atom stereocenters. The van der Waals surface area contributed by atoms with Gasteiger partial charge in [0.15, 0.2) is 5.58 Å². The maximum atomic E-state index is 13.2.